The van der Waals surface area contributed by atoms with Gasteiger partial charge in [-0.25, -0.2) is 13.9 Å². The number of piperidine rings is 1. The molecule has 2 aromatic heterocycles. The monoisotopic (exact) mass is 430 g/mol. The van der Waals surface area contributed by atoms with E-state index in [0.717, 1.165) is 12.8 Å². The highest BCUT2D eigenvalue weighted by molar-refractivity contribution is 5.67. The maximum atomic E-state index is 14.3. The van der Waals surface area contributed by atoms with Gasteiger partial charge in [-0.3, -0.25) is 0 Å². The third kappa shape index (κ3) is 4.95. The van der Waals surface area contributed by atoms with Gasteiger partial charge in [0.1, 0.15) is 18.6 Å². The zero-order valence-corrected chi connectivity index (χ0v) is 17.3. The van der Waals surface area contributed by atoms with Crippen molar-refractivity contribution in [1.82, 2.24) is 40.1 Å². The van der Waals surface area contributed by atoms with Gasteiger partial charge in [0.2, 0.25) is 0 Å². The van der Waals surface area contributed by atoms with Crippen LogP contribution in [0.2, 0.25) is 0 Å². The molecule has 1 saturated heterocycles. The smallest absolute Gasteiger partial charge is 0.410 e. The Labute approximate surface area is 177 Å². The van der Waals surface area contributed by atoms with Crippen LogP contribution in [0.4, 0.5) is 9.18 Å². The summed E-state index contributed by atoms with van der Waals surface area (Å²) in [6.07, 6.45) is 4.02. The molecule has 0 spiro atoms. The molecule has 4 rings (SSSR count). The molecule has 0 aliphatic carbocycles. The van der Waals surface area contributed by atoms with Crippen molar-refractivity contribution in [3.63, 3.8) is 0 Å². The van der Waals surface area contributed by atoms with Gasteiger partial charge < -0.3 is 14.4 Å². The first-order chi connectivity index (χ1) is 15.0. The lowest BCUT2D eigenvalue weighted by Gasteiger charge is -2.31. The minimum atomic E-state index is -0.527. The summed E-state index contributed by atoms with van der Waals surface area (Å²) in [4.78, 5) is 15.3. The second-order valence-corrected chi connectivity index (χ2v) is 7.46. The number of amides is 1. The average Bonchev–Trinajstić information content (AvgIpc) is 3.45. The highest BCUT2D eigenvalue weighted by Gasteiger charge is 2.26. The molecular weight excluding hydrogens is 407 g/mol. The predicted octanol–water partition coefficient (Wildman–Crippen LogP) is 2.15. The minimum absolute atomic E-state index is 0.0840. The molecular formula is C19H23FN8O3. The number of benzene rings is 1. The number of aromatic nitrogens is 7. The Morgan fingerprint density at radius 2 is 2.10 bits per heavy atom. The maximum absolute atomic E-state index is 14.3. The lowest BCUT2D eigenvalue weighted by molar-refractivity contribution is 0.0643. The summed E-state index contributed by atoms with van der Waals surface area (Å²) >= 11 is 0. The molecule has 164 valence electrons. The maximum Gasteiger partial charge on any atom is 0.410 e. The topological polar surface area (TPSA) is 113 Å². The summed E-state index contributed by atoms with van der Waals surface area (Å²) in [6.45, 7) is 4.92. The molecule has 0 N–H and O–H groups in total. The Bertz CT molecular complexity index is 1020. The van der Waals surface area contributed by atoms with Gasteiger partial charge >= 0.3 is 6.09 Å². The number of carbonyl (C=O) groups is 1. The van der Waals surface area contributed by atoms with Crippen LogP contribution in [0.25, 0.3) is 5.69 Å². The molecule has 0 radical (unpaired) electrons. The number of ether oxygens (including phenoxy) is 2. The van der Waals surface area contributed by atoms with E-state index in [1.165, 1.54) is 23.1 Å². The number of carbonyl (C=O) groups excluding carboxylic acids is 1. The summed E-state index contributed by atoms with van der Waals surface area (Å²) in [5.74, 6) is -0.426. The first-order valence-corrected chi connectivity index (χ1v) is 10.0. The summed E-state index contributed by atoms with van der Waals surface area (Å²) in [5, 5.41) is 19.5. The number of hydrogen-bond acceptors (Lipinski definition) is 8. The van der Waals surface area contributed by atoms with Crippen molar-refractivity contribution in [3.8, 4) is 11.4 Å². The molecule has 11 nitrogen and oxygen atoms in total. The summed E-state index contributed by atoms with van der Waals surface area (Å²) in [6, 6.07) is 4.55. The van der Waals surface area contributed by atoms with Crippen molar-refractivity contribution in [1.29, 1.82) is 0 Å². The van der Waals surface area contributed by atoms with E-state index in [-0.39, 0.29) is 30.6 Å². The number of nitrogens with zero attached hydrogens (tertiary/aromatic N) is 8. The lowest BCUT2D eigenvalue weighted by atomic mass is 10.1. The minimum Gasteiger partial charge on any atom is -0.484 e. The first-order valence-electron chi connectivity index (χ1n) is 10.0. The summed E-state index contributed by atoms with van der Waals surface area (Å²) in [5.41, 5.74) is 1.08. The van der Waals surface area contributed by atoms with Crippen LogP contribution in [0.15, 0.2) is 30.7 Å². The Kier molecular flexibility index (Phi) is 6.05. The molecule has 1 aliphatic heterocycles. The van der Waals surface area contributed by atoms with Crippen LogP contribution < -0.4 is 4.74 Å². The van der Waals surface area contributed by atoms with Crippen LogP contribution in [0.3, 0.4) is 0 Å². The van der Waals surface area contributed by atoms with Crippen molar-refractivity contribution >= 4 is 6.09 Å². The predicted molar refractivity (Wildman–Crippen MR) is 105 cm³/mol. The molecule has 3 heterocycles. The van der Waals surface area contributed by atoms with Crippen molar-refractivity contribution in [2.75, 3.05) is 13.1 Å². The number of hydrogen-bond donors (Lipinski definition) is 0. The Morgan fingerprint density at radius 1 is 1.29 bits per heavy atom. The lowest BCUT2D eigenvalue weighted by Crippen LogP contribution is -2.40. The fraction of sp³-hybridized carbons (Fsp3) is 0.474. The Balaban J connectivity index is 1.30. The highest BCUT2D eigenvalue weighted by Crippen LogP contribution is 2.23. The molecule has 31 heavy (non-hydrogen) atoms. The first kappa shape index (κ1) is 20.7. The van der Waals surface area contributed by atoms with Gasteiger partial charge in [-0.15, -0.1) is 5.10 Å². The zero-order chi connectivity index (χ0) is 21.8. The normalized spacial score (nSPS) is 14.8. The number of halogens is 1. The van der Waals surface area contributed by atoms with E-state index in [0.29, 0.717) is 24.5 Å². The summed E-state index contributed by atoms with van der Waals surface area (Å²) in [7, 11) is 0. The van der Waals surface area contributed by atoms with E-state index >= 15 is 0 Å². The molecule has 1 amide bonds. The van der Waals surface area contributed by atoms with Crippen LogP contribution in [0.5, 0.6) is 5.75 Å². The molecule has 1 aromatic carbocycles. The molecule has 12 heteroatoms. The van der Waals surface area contributed by atoms with Crippen molar-refractivity contribution < 1.29 is 18.7 Å². The second-order valence-electron chi connectivity index (χ2n) is 7.46. The molecule has 0 bridgehead atoms. The number of tetrazole rings is 1. The van der Waals surface area contributed by atoms with E-state index in [1.54, 1.807) is 22.0 Å². The molecule has 0 saturated carbocycles. The van der Waals surface area contributed by atoms with Gasteiger partial charge in [0.05, 0.1) is 24.0 Å². The third-order valence-corrected chi connectivity index (χ3v) is 4.85. The molecule has 1 fully saturated rings. The Morgan fingerprint density at radius 3 is 2.77 bits per heavy atom. The molecule has 0 unspecified atom stereocenters. The van der Waals surface area contributed by atoms with E-state index < -0.39 is 5.82 Å². The average molecular weight is 430 g/mol. The molecule has 3 aromatic rings. The van der Waals surface area contributed by atoms with Gasteiger partial charge in [0.25, 0.3) is 0 Å². The third-order valence-electron chi connectivity index (χ3n) is 4.85. The standard InChI is InChI=1S/C19H23FN8O3/c1-13(2)31-19(29)26-7-5-15(6-8-26)28-22-10-14(23-28)11-30-18-4-3-16(9-17(18)20)27-12-21-24-25-27/h3-4,9-10,12-13,15H,5-8,11H2,1-2H3. The van der Waals surface area contributed by atoms with Crippen LogP contribution in [-0.4, -0.2) is 65.4 Å². The fourth-order valence-electron chi connectivity index (χ4n) is 3.29. The quantitative estimate of drug-likeness (QED) is 0.585. The summed E-state index contributed by atoms with van der Waals surface area (Å²) < 4.78 is 26.5. The van der Waals surface area contributed by atoms with Crippen LogP contribution in [0.1, 0.15) is 38.4 Å². The van der Waals surface area contributed by atoms with Crippen LogP contribution >= 0.6 is 0 Å². The molecule has 1 aliphatic rings. The number of likely N-dealkylation sites (tertiary alicyclic amines) is 1. The van der Waals surface area contributed by atoms with E-state index in [2.05, 4.69) is 25.7 Å². The number of rotatable bonds is 6. The van der Waals surface area contributed by atoms with Crippen molar-refractivity contribution in [3.05, 3.63) is 42.2 Å². The van der Waals surface area contributed by atoms with E-state index in [1.807, 2.05) is 13.8 Å². The highest BCUT2D eigenvalue weighted by atomic mass is 19.1. The fourth-order valence-corrected chi connectivity index (χ4v) is 3.29. The van der Waals surface area contributed by atoms with Gasteiger partial charge in [-0.05, 0) is 49.2 Å². The van der Waals surface area contributed by atoms with E-state index in [4.69, 9.17) is 9.47 Å². The van der Waals surface area contributed by atoms with Gasteiger partial charge in [0.15, 0.2) is 11.6 Å². The van der Waals surface area contributed by atoms with Crippen molar-refractivity contribution in [2.45, 2.75) is 45.4 Å². The largest absolute Gasteiger partial charge is 0.484 e. The Hall–Kier alpha value is -3.57. The second kappa shape index (κ2) is 9.06. The van der Waals surface area contributed by atoms with Crippen LogP contribution in [0, 0.1) is 5.82 Å². The van der Waals surface area contributed by atoms with Gasteiger partial charge in [-0.2, -0.15) is 15.0 Å². The van der Waals surface area contributed by atoms with Crippen LogP contribution in [-0.2, 0) is 11.3 Å². The van der Waals surface area contributed by atoms with E-state index in [9.17, 15) is 9.18 Å². The van der Waals surface area contributed by atoms with Gasteiger partial charge in [-0.1, -0.05) is 0 Å². The van der Waals surface area contributed by atoms with Gasteiger partial charge in [0, 0.05) is 19.2 Å². The SMILES string of the molecule is CC(C)OC(=O)N1CCC(n2ncc(COc3ccc(-n4cnnn4)cc3F)n2)CC1. The molecule has 0 atom stereocenters. The zero-order valence-electron chi connectivity index (χ0n) is 17.3. The van der Waals surface area contributed by atoms with Crippen molar-refractivity contribution in [2.24, 2.45) is 0 Å².